The van der Waals surface area contributed by atoms with Crippen LogP contribution in [0.1, 0.15) is 18.9 Å². The Morgan fingerprint density at radius 2 is 2.00 bits per heavy atom. The Morgan fingerprint density at radius 3 is 2.46 bits per heavy atom. The van der Waals surface area contributed by atoms with Crippen LogP contribution in [0.3, 0.4) is 0 Å². The van der Waals surface area contributed by atoms with Gasteiger partial charge in [-0.05, 0) is 36.5 Å². The smallest absolute Gasteiger partial charge is 0.00401 e. The fourth-order valence-electron chi connectivity index (χ4n) is 1.33. The van der Waals surface area contributed by atoms with E-state index in [9.17, 15) is 0 Å². The lowest BCUT2D eigenvalue weighted by molar-refractivity contribution is 0.625. The summed E-state index contributed by atoms with van der Waals surface area (Å²) in [7, 11) is 0. The third-order valence-corrected chi connectivity index (χ3v) is 2.59. The molecule has 13 heavy (non-hydrogen) atoms. The molecule has 70 valence electrons. The highest BCUT2D eigenvalue weighted by Crippen LogP contribution is 2.14. The molecule has 0 spiro atoms. The fraction of sp³-hybridized carbons (Fsp3) is 0.333. The van der Waals surface area contributed by atoms with Gasteiger partial charge >= 0.3 is 0 Å². The summed E-state index contributed by atoms with van der Waals surface area (Å²) < 4.78 is 0. The van der Waals surface area contributed by atoms with Gasteiger partial charge in [-0.25, -0.2) is 0 Å². The maximum Gasteiger partial charge on any atom is 0.00401 e. The van der Waals surface area contributed by atoms with Crippen molar-refractivity contribution in [3.8, 4) is 0 Å². The first kappa shape index (κ1) is 10.4. The third kappa shape index (κ3) is 3.27. The predicted molar refractivity (Wildman–Crippen MR) is 61.4 cm³/mol. The van der Waals surface area contributed by atoms with Gasteiger partial charge in [0.25, 0.3) is 0 Å². The molecule has 0 saturated carbocycles. The van der Waals surface area contributed by atoms with Crippen LogP contribution in [0.5, 0.6) is 0 Å². The van der Waals surface area contributed by atoms with Crippen LogP contribution >= 0.6 is 12.6 Å². The Kier molecular flexibility index (Phi) is 4.10. The van der Waals surface area contributed by atoms with Crippen molar-refractivity contribution >= 4 is 12.6 Å². The highest BCUT2D eigenvalue weighted by Gasteiger charge is 2.01. The normalized spacial score (nSPS) is 12.5. The Morgan fingerprint density at radius 1 is 1.38 bits per heavy atom. The van der Waals surface area contributed by atoms with Crippen molar-refractivity contribution in [3.05, 3.63) is 42.5 Å². The van der Waals surface area contributed by atoms with Crippen molar-refractivity contribution in [1.82, 2.24) is 0 Å². The summed E-state index contributed by atoms with van der Waals surface area (Å²) in [5, 5.41) is 0. The van der Waals surface area contributed by atoms with E-state index >= 15 is 0 Å². The minimum atomic E-state index is 0.603. The van der Waals surface area contributed by atoms with Crippen molar-refractivity contribution in [3.63, 3.8) is 0 Å². The molecule has 1 unspecified atom stereocenters. The van der Waals surface area contributed by atoms with Gasteiger partial charge in [-0.2, -0.15) is 0 Å². The lowest BCUT2D eigenvalue weighted by Gasteiger charge is -2.09. The maximum atomic E-state index is 4.25. The molecule has 1 heteroatoms. The van der Waals surface area contributed by atoms with E-state index in [2.05, 4.69) is 38.3 Å². The number of benzene rings is 1. The second-order valence-electron chi connectivity index (χ2n) is 3.27. The molecule has 0 N–H and O–H groups in total. The third-order valence-electron chi connectivity index (χ3n) is 2.29. The Balaban J connectivity index is 2.63. The second kappa shape index (κ2) is 5.13. The van der Waals surface area contributed by atoms with Gasteiger partial charge in [-0.15, -0.1) is 19.2 Å². The van der Waals surface area contributed by atoms with E-state index < -0.39 is 0 Å². The lowest BCUT2D eigenvalue weighted by Crippen LogP contribution is -1.98. The predicted octanol–water partition coefficient (Wildman–Crippen LogP) is 3.73. The monoisotopic (exact) mass is 192 g/mol. The molecule has 0 aliphatic rings. The highest BCUT2D eigenvalue weighted by atomic mass is 32.1. The van der Waals surface area contributed by atoms with E-state index in [0.29, 0.717) is 5.92 Å². The Hall–Kier alpha value is -0.690. The molecular weight excluding hydrogens is 176 g/mol. The van der Waals surface area contributed by atoms with E-state index in [0.717, 1.165) is 17.7 Å². The van der Waals surface area contributed by atoms with Crippen LogP contribution in [0.25, 0.3) is 0 Å². The average Bonchev–Trinajstić information content (AvgIpc) is 2.17. The van der Waals surface area contributed by atoms with Crippen molar-refractivity contribution in [2.75, 3.05) is 0 Å². The van der Waals surface area contributed by atoms with E-state index in [1.807, 2.05) is 18.2 Å². The zero-order chi connectivity index (χ0) is 9.68. The van der Waals surface area contributed by atoms with Crippen LogP contribution in [0.4, 0.5) is 0 Å². The van der Waals surface area contributed by atoms with Crippen LogP contribution in [0, 0.1) is 5.92 Å². The molecule has 1 rings (SSSR count). The zero-order valence-corrected chi connectivity index (χ0v) is 8.93. The first-order chi connectivity index (χ1) is 6.26. The van der Waals surface area contributed by atoms with E-state index in [-0.39, 0.29) is 0 Å². The average molecular weight is 192 g/mol. The van der Waals surface area contributed by atoms with Crippen LogP contribution in [0.15, 0.2) is 41.8 Å². The second-order valence-corrected chi connectivity index (χ2v) is 3.79. The number of hydrogen-bond acceptors (Lipinski definition) is 1. The zero-order valence-electron chi connectivity index (χ0n) is 8.03. The van der Waals surface area contributed by atoms with Gasteiger partial charge in [0.1, 0.15) is 0 Å². The van der Waals surface area contributed by atoms with E-state index in [1.54, 1.807) is 0 Å². The standard InChI is InChI=1S/C12H16S/c1-3-10(4-2)9-11-5-7-12(13)8-6-11/h3,5-8,10,13H,1,4,9H2,2H3. The molecule has 0 aliphatic heterocycles. The van der Waals surface area contributed by atoms with E-state index in [1.165, 1.54) is 5.56 Å². The molecule has 1 aromatic carbocycles. The molecule has 0 aliphatic carbocycles. The molecular formula is C12H16S. The largest absolute Gasteiger partial charge is 0.143 e. The first-order valence-corrected chi connectivity index (χ1v) is 5.11. The SMILES string of the molecule is C=CC(CC)Cc1ccc(S)cc1. The topological polar surface area (TPSA) is 0 Å². The number of rotatable bonds is 4. The Labute approximate surface area is 86.1 Å². The van der Waals surface area contributed by atoms with Gasteiger partial charge in [0.05, 0.1) is 0 Å². The van der Waals surface area contributed by atoms with Gasteiger partial charge in [0.15, 0.2) is 0 Å². The van der Waals surface area contributed by atoms with Crippen molar-refractivity contribution in [2.45, 2.75) is 24.7 Å². The van der Waals surface area contributed by atoms with Gasteiger partial charge in [0, 0.05) is 4.90 Å². The minimum absolute atomic E-state index is 0.603. The van der Waals surface area contributed by atoms with Crippen molar-refractivity contribution in [1.29, 1.82) is 0 Å². The quantitative estimate of drug-likeness (QED) is 0.545. The van der Waals surface area contributed by atoms with Crippen LogP contribution in [-0.4, -0.2) is 0 Å². The number of hydrogen-bond donors (Lipinski definition) is 1. The van der Waals surface area contributed by atoms with Crippen LogP contribution in [-0.2, 0) is 6.42 Å². The molecule has 0 nitrogen and oxygen atoms in total. The summed E-state index contributed by atoms with van der Waals surface area (Å²) in [5.74, 6) is 0.603. The number of allylic oxidation sites excluding steroid dienone is 1. The fourth-order valence-corrected chi connectivity index (χ4v) is 1.48. The molecule has 0 bridgehead atoms. The molecule has 1 aromatic rings. The summed E-state index contributed by atoms with van der Waals surface area (Å²) in [6.45, 7) is 6.02. The molecule has 1 atom stereocenters. The van der Waals surface area contributed by atoms with Gasteiger partial charge in [-0.3, -0.25) is 0 Å². The summed E-state index contributed by atoms with van der Waals surface area (Å²) in [6, 6.07) is 8.34. The summed E-state index contributed by atoms with van der Waals surface area (Å²) in [5.41, 5.74) is 1.37. The first-order valence-electron chi connectivity index (χ1n) is 4.66. The highest BCUT2D eigenvalue weighted by molar-refractivity contribution is 7.80. The molecule has 0 aromatic heterocycles. The molecule has 0 fully saturated rings. The summed E-state index contributed by atoms with van der Waals surface area (Å²) in [4.78, 5) is 1.02. The number of thiol groups is 1. The van der Waals surface area contributed by atoms with E-state index in [4.69, 9.17) is 0 Å². The van der Waals surface area contributed by atoms with Crippen LogP contribution in [0.2, 0.25) is 0 Å². The van der Waals surface area contributed by atoms with Crippen molar-refractivity contribution < 1.29 is 0 Å². The summed E-state index contributed by atoms with van der Waals surface area (Å²) in [6.07, 6.45) is 4.29. The molecule has 0 amide bonds. The Bertz CT molecular complexity index is 261. The van der Waals surface area contributed by atoms with Crippen LogP contribution < -0.4 is 0 Å². The molecule has 0 saturated heterocycles. The van der Waals surface area contributed by atoms with Gasteiger partial charge in [-0.1, -0.05) is 25.1 Å². The van der Waals surface area contributed by atoms with Gasteiger partial charge < -0.3 is 0 Å². The van der Waals surface area contributed by atoms with Crippen molar-refractivity contribution in [2.24, 2.45) is 5.92 Å². The maximum absolute atomic E-state index is 4.25. The lowest BCUT2D eigenvalue weighted by atomic mass is 9.97. The van der Waals surface area contributed by atoms with Gasteiger partial charge in [0.2, 0.25) is 0 Å². The molecule has 0 heterocycles. The summed E-state index contributed by atoms with van der Waals surface area (Å²) >= 11 is 4.25. The molecule has 0 radical (unpaired) electrons. The minimum Gasteiger partial charge on any atom is -0.143 e.